The zero-order chi connectivity index (χ0) is 19.5. The number of hydrogen-bond acceptors (Lipinski definition) is 5. The van der Waals surface area contributed by atoms with Gasteiger partial charge in [0, 0.05) is 42.2 Å². The van der Waals surface area contributed by atoms with Gasteiger partial charge in [-0.2, -0.15) is 20.7 Å². The average molecular weight is 373 g/mol. The molecule has 0 radical (unpaired) electrons. The molecule has 1 unspecified atom stereocenters. The number of carbonyl (C=O) groups is 1. The van der Waals surface area contributed by atoms with Gasteiger partial charge in [-0.1, -0.05) is 6.42 Å². The molecule has 1 aliphatic heterocycles. The molecule has 0 aromatic carbocycles. The highest BCUT2D eigenvalue weighted by atomic mass is 16.2. The third-order valence-electron chi connectivity index (χ3n) is 5.26. The summed E-state index contributed by atoms with van der Waals surface area (Å²) in [5, 5.41) is 28.2. The van der Waals surface area contributed by atoms with Gasteiger partial charge in [-0.3, -0.25) is 9.89 Å². The predicted octanol–water partition coefficient (Wildman–Crippen LogP) is 2.91. The molecule has 140 valence electrons. The van der Waals surface area contributed by atoms with E-state index < -0.39 is 5.92 Å². The first-order valence-electron chi connectivity index (χ1n) is 9.28. The third-order valence-corrected chi connectivity index (χ3v) is 5.26. The van der Waals surface area contributed by atoms with E-state index in [-0.39, 0.29) is 5.91 Å². The molecule has 1 aliphatic carbocycles. The topological polar surface area (TPSA) is 114 Å². The van der Waals surface area contributed by atoms with Gasteiger partial charge in [-0.25, -0.2) is 4.52 Å². The normalized spacial score (nSPS) is 18.9. The summed E-state index contributed by atoms with van der Waals surface area (Å²) >= 11 is 0. The van der Waals surface area contributed by atoms with Crippen LogP contribution >= 0.6 is 0 Å². The van der Waals surface area contributed by atoms with Crippen molar-refractivity contribution in [3.8, 4) is 23.3 Å². The first-order valence-corrected chi connectivity index (χ1v) is 9.28. The molecule has 2 fully saturated rings. The van der Waals surface area contributed by atoms with Crippen molar-refractivity contribution in [1.82, 2.24) is 19.8 Å². The Hall–Kier alpha value is -3.65. The average Bonchev–Trinajstić information content (AvgIpc) is 3.40. The van der Waals surface area contributed by atoms with E-state index in [4.69, 9.17) is 10.5 Å². The van der Waals surface area contributed by atoms with Crippen LogP contribution in [0.5, 0.6) is 0 Å². The minimum absolute atomic E-state index is 0.137. The fourth-order valence-electron chi connectivity index (χ4n) is 3.37. The molecule has 1 saturated carbocycles. The Morgan fingerprint density at radius 2 is 2.04 bits per heavy atom. The molecule has 2 aliphatic rings. The fraction of sp³-hybridized carbons (Fsp3) is 0.350. The van der Waals surface area contributed by atoms with Gasteiger partial charge in [-0.15, -0.1) is 0 Å². The van der Waals surface area contributed by atoms with E-state index in [1.165, 1.54) is 6.42 Å². The number of nitrogens with zero attached hydrogens (tertiary/aromatic N) is 6. The van der Waals surface area contributed by atoms with Gasteiger partial charge in [0.2, 0.25) is 5.91 Å². The quantitative estimate of drug-likeness (QED) is 0.742. The third kappa shape index (κ3) is 3.21. The number of fused-ring (bicyclic) bond motifs is 1. The molecule has 5 rings (SSSR count). The molecule has 3 aromatic rings. The summed E-state index contributed by atoms with van der Waals surface area (Å²) in [5.41, 5.74) is 3.55. The van der Waals surface area contributed by atoms with Gasteiger partial charge in [0.1, 0.15) is 5.92 Å². The summed E-state index contributed by atoms with van der Waals surface area (Å²) in [7, 11) is 0. The van der Waals surface area contributed by atoms with E-state index in [0.29, 0.717) is 18.9 Å². The molecule has 0 bridgehead atoms. The van der Waals surface area contributed by atoms with Crippen LogP contribution < -0.4 is 4.90 Å². The van der Waals surface area contributed by atoms with Crippen molar-refractivity contribution in [3.05, 3.63) is 36.9 Å². The van der Waals surface area contributed by atoms with Crippen LogP contribution in [0, 0.1) is 34.5 Å². The Kier molecular flexibility index (Phi) is 4.77. The zero-order valence-electron chi connectivity index (χ0n) is 15.2. The molecule has 1 atom stereocenters. The van der Waals surface area contributed by atoms with E-state index in [1.807, 2.05) is 18.3 Å². The van der Waals surface area contributed by atoms with E-state index in [9.17, 15) is 4.79 Å². The van der Waals surface area contributed by atoms with Crippen molar-refractivity contribution < 1.29 is 4.79 Å². The number of H-pyrrole nitrogens is 1. The van der Waals surface area contributed by atoms with Crippen LogP contribution in [-0.4, -0.2) is 32.3 Å². The number of nitrogens with one attached hydrogen (secondary N) is 1. The number of anilines is 1. The fourth-order valence-corrected chi connectivity index (χ4v) is 3.37. The summed E-state index contributed by atoms with van der Waals surface area (Å²) < 4.78 is 1.74. The van der Waals surface area contributed by atoms with E-state index in [0.717, 1.165) is 35.2 Å². The minimum atomic E-state index is -0.545. The van der Waals surface area contributed by atoms with Gasteiger partial charge in [0.05, 0.1) is 29.5 Å². The summed E-state index contributed by atoms with van der Waals surface area (Å²) in [4.78, 5) is 13.9. The molecule has 1 amide bonds. The lowest BCUT2D eigenvalue weighted by atomic mass is 9.87. The molecule has 0 spiro atoms. The Bertz CT molecular complexity index is 1070. The van der Waals surface area contributed by atoms with Crippen LogP contribution in [-0.2, 0) is 4.79 Å². The number of amides is 1. The maximum absolute atomic E-state index is 12.3. The van der Waals surface area contributed by atoms with E-state index in [2.05, 4.69) is 27.4 Å². The molecule has 1 N–H and O–H groups in total. The van der Waals surface area contributed by atoms with Crippen LogP contribution in [0.3, 0.4) is 0 Å². The van der Waals surface area contributed by atoms with Gasteiger partial charge in [-0.05, 0) is 31.4 Å². The monoisotopic (exact) mass is 373 g/mol. The molecule has 8 nitrogen and oxygen atoms in total. The summed E-state index contributed by atoms with van der Waals surface area (Å²) in [5.74, 6) is -0.261. The summed E-state index contributed by atoms with van der Waals surface area (Å²) in [6.07, 6.45) is 11.2. The van der Waals surface area contributed by atoms with Gasteiger partial charge in [0.15, 0.2) is 0 Å². The molecular formula is C20H19N7O. The maximum Gasteiger partial charge on any atom is 0.244 e. The maximum atomic E-state index is 12.3. The van der Waals surface area contributed by atoms with Crippen LogP contribution in [0.25, 0.3) is 16.6 Å². The number of rotatable bonds is 2. The smallest absolute Gasteiger partial charge is 0.244 e. The van der Waals surface area contributed by atoms with Crippen molar-refractivity contribution in [2.45, 2.75) is 25.7 Å². The lowest BCUT2D eigenvalue weighted by molar-refractivity contribution is -0.118. The second-order valence-electron chi connectivity index (χ2n) is 6.98. The predicted molar refractivity (Wildman–Crippen MR) is 102 cm³/mol. The molecule has 1 saturated heterocycles. The van der Waals surface area contributed by atoms with Crippen LogP contribution in [0.15, 0.2) is 36.9 Å². The molecule has 3 aromatic heterocycles. The first kappa shape index (κ1) is 17.7. The number of aromatic nitrogens is 4. The first-order chi connectivity index (χ1) is 13.7. The van der Waals surface area contributed by atoms with Crippen LogP contribution in [0.1, 0.15) is 25.7 Å². The molecule has 28 heavy (non-hydrogen) atoms. The van der Waals surface area contributed by atoms with Crippen molar-refractivity contribution in [2.24, 2.45) is 11.8 Å². The highest BCUT2D eigenvalue weighted by molar-refractivity contribution is 6.02. The number of nitriles is 2. The molecule has 8 heteroatoms. The number of carbonyl (C=O) groups excluding carboxylic acids is 1. The standard InChI is InChI=1S/C15H12N6O.C5H7N/c16-6-10-2-4-20(15(10)22)13-1-3-19-21-9-11(5-14(13)21)12-7-17-18-8-12;6-4-5-2-1-3-5/h1,3,5,7-10H,2,4H2,(H,17,18);5H,1-3H2. The largest absolute Gasteiger partial charge is 0.309 e. The SMILES string of the molecule is N#CC1CCC1.N#CC1CCN(c2ccnn3cc(-c4cn[nH]c4)cc23)C1=O. The van der Waals surface area contributed by atoms with E-state index >= 15 is 0 Å². The highest BCUT2D eigenvalue weighted by Crippen LogP contribution is 2.31. The molecule has 4 heterocycles. The lowest BCUT2D eigenvalue weighted by Gasteiger charge is -2.16. The molecular weight excluding hydrogens is 354 g/mol. The van der Waals surface area contributed by atoms with Crippen molar-refractivity contribution in [1.29, 1.82) is 10.5 Å². The van der Waals surface area contributed by atoms with Gasteiger partial charge >= 0.3 is 0 Å². The minimum Gasteiger partial charge on any atom is -0.309 e. The van der Waals surface area contributed by atoms with Crippen LogP contribution in [0.4, 0.5) is 5.69 Å². The number of aromatic amines is 1. The van der Waals surface area contributed by atoms with E-state index in [1.54, 1.807) is 28.0 Å². The Balaban J connectivity index is 0.000000275. The Labute approximate surface area is 162 Å². The van der Waals surface area contributed by atoms with Crippen LogP contribution in [0.2, 0.25) is 0 Å². The lowest BCUT2D eigenvalue weighted by Crippen LogP contribution is -2.27. The second-order valence-corrected chi connectivity index (χ2v) is 6.98. The zero-order valence-corrected chi connectivity index (χ0v) is 15.2. The summed E-state index contributed by atoms with van der Waals surface area (Å²) in [6.45, 7) is 0.558. The second kappa shape index (κ2) is 7.53. The Morgan fingerprint density at radius 1 is 1.18 bits per heavy atom. The summed E-state index contributed by atoms with van der Waals surface area (Å²) in [6, 6.07) is 8.05. The highest BCUT2D eigenvalue weighted by Gasteiger charge is 2.33. The van der Waals surface area contributed by atoms with Crippen molar-refractivity contribution >= 4 is 17.1 Å². The number of hydrogen-bond donors (Lipinski definition) is 1. The van der Waals surface area contributed by atoms with Crippen molar-refractivity contribution in [3.63, 3.8) is 0 Å². The van der Waals surface area contributed by atoms with Crippen molar-refractivity contribution in [2.75, 3.05) is 11.4 Å². The van der Waals surface area contributed by atoms with Gasteiger partial charge in [0.25, 0.3) is 0 Å². The Morgan fingerprint density at radius 3 is 2.61 bits per heavy atom. The van der Waals surface area contributed by atoms with Gasteiger partial charge < -0.3 is 4.90 Å².